The van der Waals surface area contributed by atoms with E-state index in [0.717, 1.165) is 32.0 Å². The van der Waals surface area contributed by atoms with Crippen molar-refractivity contribution in [2.45, 2.75) is 44.3 Å². The maximum absolute atomic E-state index is 11.7. The fraction of sp³-hybridized carbons (Fsp3) is 0.882. The van der Waals surface area contributed by atoms with E-state index in [2.05, 4.69) is 24.7 Å². The normalized spacial score (nSPS) is 33.2. The Labute approximate surface area is 156 Å². The summed E-state index contributed by atoms with van der Waals surface area (Å²) in [5.74, 6) is 2.18. The molecule has 1 N–H and O–H groups in total. The van der Waals surface area contributed by atoms with Crippen LogP contribution in [0.2, 0.25) is 0 Å². The quantitative estimate of drug-likeness (QED) is 0.774. The first-order valence-corrected chi connectivity index (χ1v) is 11.6. The Bertz CT molecular complexity index is 735. The molecule has 0 spiro atoms. The smallest absolute Gasteiger partial charge is 0.208 e. The van der Waals surface area contributed by atoms with Gasteiger partial charge in [-0.2, -0.15) is 0 Å². The van der Waals surface area contributed by atoms with Crippen molar-refractivity contribution in [3.63, 3.8) is 0 Å². The van der Waals surface area contributed by atoms with E-state index in [1.54, 1.807) is 6.33 Å². The second kappa shape index (κ2) is 7.18. The summed E-state index contributed by atoms with van der Waals surface area (Å²) in [6.45, 7) is 4.57. The van der Waals surface area contributed by atoms with Crippen molar-refractivity contribution in [2.75, 3.05) is 32.4 Å². The molecule has 2 bridgehead atoms. The topological polar surface area (TPSA) is 83.4 Å². The van der Waals surface area contributed by atoms with Gasteiger partial charge >= 0.3 is 0 Å². The Morgan fingerprint density at radius 3 is 2.81 bits per heavy atom. The molecule has 4 atom stereocenters. The highest BCUT2D eigenvalue weighted by Crippen LogP contribution is 2.41. The molecule has 3 saturated heterocycles. The monoisotopic (exact) mass is 382 g/mol. The van der Waals surface area contributed by atoms with Crippen molar-refractivity contribution in [1.82, 2.24) is 29.3 Å². The molecular formula is C17H30N6O2S. The van der Waals surface area contributed by atoms with Crippen LogP contribution in [-0.4, -0.2) is 77.5 Å². The fourth-order valence-electron chi connectivity index (χ4n) is 5.30. The lowest BCUT2D eigenvalue weighted by Gasteiger charge is -2.56. The molecule has 4 rings (SSSR count). The van der Waals surface area contributed by atoms with Gasteiger partial charge in [-0.05, 0) is 37.6 Å². The maximum Gasteiger partial charge on any atom is 0.208 e. The number of nitrogens with zero attached hydrogens (tertiary/aromatic N) is 5. The Kier molecular flexibility index (Phi) is 5.06. The molecule has 0 aromatic carbocycles. The molecule has 0 saturated carbocycles. The molecule has 8 nitrogen and oxygen atoms in total. The summed E-state index contributed by atoms with van der Waals surface area (Å²) < 4.78 is 28.1. The third-order valence-corrected chi connectivity index (χ3v) is 7.11. The van der Waals surface area contributed by atoms with E-state index < -0.39 is 10.0 Å². The predicted molar refractivity (Wildman–Crippen MR) is 98.9 cm³/mol. The summed E-state index contributed by atoms with van der Waals surface area (Å²) in [7, 11) is -1.17. The Morgan fingerprint density at radius 2 is 2.08 bits per heavy atom. The molecule has 9 heteroatoms. The molecule has 0 unspecified atom stereocenters. The van der Waals surface area contributed by atoms with Crippen LogP contribution >= 0.6 is 0 Å². The molecule has 0 amide bonds. The van der Waals surface area contributed by atoms with Crippen LogP contribution in [0.5, 0.6) is 0 Å². The van der Waals surface area contributed by atoms with Gasteiger partial charge in [0, 0.05) is 38.8 Å². The van der Waals surface area contributed by atoms with Crippen molar-refractivity contribution in [2.24, 2.45) is 18.9 Å². The first-order valence-electron chi connectivity index (χ1n) is 9.66. The van der Waals surface area contributed by atoms with Gasteiger partial charge in [0.05, 0.1) is 12.8 Å². The number of aromatic nitrogens is 3. The number of nitrogens with one attached hydrogen (secondary N) is 1. The number of hydrogen-bond acceptors (Lipinski definition) is 6. The number of fused-ring (bicyclic) bond motifs is 4. The zero-order chi connectivity index (χ0) is 18.3. The maximum atomic E-state index is 11.7. The largest absolute Gasteiger partial charge is 0.320 e. The first-order chi connectivity index (χ1) is 12.4. The van der Waals surface area contributed by atoms with E-state index in [1.807, 2.05) is 11.6 Å². The summed E-state index contributed by atoms with van der Waals surface area (Å²) >= 11 is 0. The van der Waals surface area contributed by atoms with Crippen LogP contribution in [0, 0.1) is 11.8 Å². The van der Waals surface area contributed by atoms with Crippen LogP contribution < -0.4 is 4.72 Å². The van der Waals surface area contributed by atoms with Crippen molar-refractivity contribution in [3.8, 4) is 0 Å². The predicted octanol–water partition coefficient (Wildman–Crippen LogP) is 0.0391. The molecule has 3 fully saturated rings. The van der Waals surface area contributed by atoms with Crippen LogP contribution in [0.15, 0.2) is 6.33 Å². The van der Waals surface area contributed by atoms with Gasteiger partial charge in [-0.25, -0.2) is 13.1 Å². The van der Waals surface area contributed by atoms with Gasteiger partial charge in [0.15, 0.2) is 0 Å². The highest BCUT2D eigenvalue weighted by molar-refractivity contribution is 7.88. The molecule has 1 aromatic rings. The Balaban J connectivity index is 1.52. The molecular weight excluding hydrogens is 352 g/mol. The number of hydrogen-bond donors (Lipinski definition) is 1. The van der Waals surface area contributed by atoms with Gasteiger partial charge in [0.2, 0.25) is 10.0 Å². The summed E-state index contributed by atoms with van der Waals surface area (Å²) in [5.41, 5.74) is 0. The fourth-order valence-corrected chi connectivity index (χ4v) is 5.78. The average Bonchev–Trinajstić information content (AvgIpc) is 2.98. The minimum atomic E-state index is -3.16. The van der Waals surface area contributed by atoms with E-state index in [1.165, 1.54) is 31.9 Å². The highest BCUT2D eigenvalue weighted by Gasteiger charge is 2.47. The molecule has 1 aromatic heterocycles. The van der Waals surface area contributed by atoms with Crippen molar-refractivity contribution < 1.29 is 8.42 Å². The van der Waals surface area contributed by atoms with E-state index in [-0.39, 0.29) is 0 Å². The highest BCUT2D eigenvalue weighted by atomic mass is 32.2. The number of aryl methyl sites for hydroxylation is 1. The van der Waals surface area contributed by atoms with Gasteiger partial charge in [0.25, 0.3) is 0 Å². The SMILES string of the molecule is Cn1cnnc1CN1C[C@H]2C[C@@H](C1)[C@H](CNS(C)(=O)=O)N1CCCC[C@@H]21. The summed E-state index contributed by atoms with van der Waals surface area (Å²) in [6, 6.07) is 0.891. The number of rotatable bonds is 5. The number of sulfonamides is 1. The van der Waals surface area contributed by atoms with Crippen LogP contribution in [-0.2, 0) is 23.6 Å². The summed E-state index contributed by atoms with van der Waals surface area (Å²) in [6.07, 6.45) is 7.98. The van der Waals surface area contributed by atoms with E-state index >= 15 is 0 Å². The van der Waals surface area contributed by atoms with Gasteiger partial charge < -0.3 is 4.57 Å². The minimum absolute atomic E-state index is 0.300. The Hall–Kier alpha value is -1.03. The van der Waals surface area contributed by atoms with E-state index in [0.29, 0.717) is 30.5 Å². The summed E-state index contributed by atoms with van der Waals surface area (Å²) in [5, 5.41) is 8.24. The van der Waals surface area contributed by atoms with Crippen LogP contribution in [0.25, 0.3) is 0 Å². The summed E-state index contributed by atoms with van der Waals surface area (Å²) in [4.78, 5) is 5.13. The lowest BCUT2D eigenvalue weighted by atomic mass is 9.72. The van der Waals surface area contributed by atoms with Crippen molar-refractivity contribution in [3.05, 3.63) is 12.2 Å². The molecule has 26 heavy (non-hydrogen) atoms. The Morgan fingerprint density at radius 1 is 1.27 bits per heavy atom. The third kappa shape index (κ3) is 3.81. The molecule has 0 radical (unpaired) electrons. The lowest BCUT2D eigenvalue weighted by Crippen LogP contribution is -2.65. The molecule has 0 aliphatic carbocycles. The minimum Gasteiger partial charge on any atom is -0.320 e. The second-order valence-electron chi connectivity index (χ2n) is 8.30. The zero-order valence-corrected chi connectivity index (χ0v) is 16.5. The second-order valence-corrected chi connectivity index (χ2v) is 10.1. The third-order valence-electron chi connectivity index (χ3n) is 6.42. The van der Waals surface area contributed by atoms with Gasteiger partial charge in [-0.3, -0.25) is 9.80 Å². The van der Waals surface area contributed by atoms with E-state index in [4.69, 9.17) is 0 Å². The van der Waals surface area contributed by atoms with Gasteiger partial charge in [-0.15, -0.1) is 10.2 Å². The van der Waals surface area contributed by atoms with Crippen LogP contribution in [0.3, 0.4) is 0 Å². The lowest BCUT2D eigenvalue weighted by molar-refractivity contribution is -0.0715. The number of piperidine rings is 3. The van der Waals surface area contributed by atoms with Crippen LogP contribution in [0.1, 0.15) is 31.5 Å². The molecule has 3 aliphatic heterocycles. The number of likely N-dealkylation sites (tertiary alicyclic amines) is 1. The van der Waals surface area contributed by atoms with Crippen LogP contribution in [0.4, 0.5) is 0 Å². The average molecular weight is 383 g/mol. The van der Waals surface area contributed by atoms with Crippen molar-refractivity contribution in [1.29, 1.82) is 0 Å². The van der Waals surface area contributed by atoms with Gasteiger partial charge in [0.1, 0.15) is 12.2 Å². The van der Waals surface area contributed by atoms with Gasteiger partial charge in [-0.1, -0.05) is 6.42 Å². The zero-order valence-electron chi connectivity index (χ0n) is 15.7. The van der Waals surface area contributed by atoms with E-state index in [9.17, 15) is 8.42 Å². The first kappa shape index (κ1) is 18.3. The molecule has 4 heterocycles. The van der Waals surface area contributed by atoms with Crippen molar-refractivity contribution >= 4 is 10.0 Å². The molecule has 146 valence electrons. The standard InChI is InChI=1S/C17H30N6O2S/c1-21-12-18-20-17(21)11-22-9-13-7-14(10-22)16(8-19-26(2,24)25)23-6-4-3-5-15(13)23/h12-16,19H,3-11H2,1-2H3/t13-,14+,15+,16+/m1/s1. The molecule has 3 aliphatic rings.